The molecule has 1 fully saturated rings. The maximum atomic E-state index is 13.0. The van der Waals surface area contributed by atoms with E-state index in [0.717, 1.165) is 41.8 Å². The van der Waals surface area contributed by atoms with Gasteiger partial charge in [0, 0.05) is 17.8 Å². The fraction of sp³-hybridized carbons (Fsp3) is 0.348. The van der Waals surface area contributed by atoms with Crippen LogP contribution in [-0.4, -0.2) is 34.2 Å². The number of carbonyl (C=O) groups is 1. The van der Waals surface area contributed by atoms with Crippen LogP contribution < -0.4 is 10.1 Å². The molecule has 30 heavy (non-hydrogen) atoms. The first-order valence-electron chi connectivity index (χ1n) is 10.3. The number of aromatic nitrogens is 2. The molecule has 1 aromatic heterocycles. The predicted octanol–water partition coefficient (Wildman–Crippen LogP) is 5.20. The van der Waals surface area contributed by atoms with Gasteiger partial charge in [-0.1, -0.05) is 28.9 Å². The lowest BCUT2D eigenvalue weighted by atomic mass is 10.0. The van der Waals surface area contributed by atoms with E-state index < -0.39 is 0 Å². The minimum Gasteiger partial charge on any atom is -0.494 e. The molecular weight excluding hydrogens is 380 g/mol. The lowest BCUT2D eigenvalue weighted by Gasteiger charge is -2.33. The van der Waals surface area contributed by atoms with Crippen LogP contribution in [0.1, 0.15) is 43.7 Å². The molecule has 1 aliphatic rings. The first kappa shape index (κ1) is 19.9. The molecule has 0 saturated carbocycles. The molecule has 0 aliphatic carbocycles. The van der Waals surface area contributed by atoms with Crippen LogP contribution in [0.5, 0.6) is 5.75 Å². The van der Waals surface area contributed by atoms with Crippen molar-refractivity contribution in [3.63, 3.8) is 0 Å². The molecule has 7 heteroatoms. The molecular formula is C23H26N4O3. The number of piperidine rings is 1. The monoisotopic (exact) mass is 406 g/mol. The summed E-state index contributed by atoms with van der Waals surface area (Å²) in [4.78, 5) is 19.4. The molecule has 2 aromatic carbocycles. The molecule has 0 spiro atoms. The van der Waals surface area contributed by atoms with Crippen molar-refractivity contribution in [2.24, 2.45) is 0 Å². The van der Waals surface area contributed by atoms with Crippen LogP contribution in [0.15, 0.2) is 53.1 Å². The van der Waals surface area contributed by atoms with Gasteiger partial charge in [-0.05, 0) is 63.4 Å². The van der Waals surface area contributed by atoms with Gasteiger partial charge in [-0.2, -0.15) is 4.98 Å². The predicted molar refractivity (Wildman–Crippen MR) is 114 cm³/mol. The van der Waals surface area contributed by atoms with Crippen LogP contribution in [0.25, 0.3) is 11.4 Å². The van der Waals surface area contributed by atoms with E-state index in [2.05, 4.69) is 15.5 Å². The molecule has 1 N–H and O–H groups in total. The second kappa shape index (κ2) is 8.98. The maximum Gasteiger partial charge on any atom is 0.322 e. The van der Waals surface area contributed by atoms with Crippen LogP contribution in [0.2, 0.25) is 0 Å². The number of carbonyl (C=O) groups excluding carboxylic acids is 1. The fourth-order valence-electron chi connectivity index (χ4n) is 3.70. The highest BCUT2D eigenvalue weighted by atomic mass is 16.5. The molecule has 2 amide bonds. The highest BCUT2D eigenvalue weighted by molar-refractivity contribution is 5.89. The van der Waals surface area contributed by atoms with Crippen molar-refractivity contribution in [2.45, 2.75) is 39.2 Å². The van der Waals surface area contributed by atoms with Gasteiger partial charge in [-0.3, -0.25) is 0 Å². The van der Waals surface area contributed by atoms with Gasteiger partial charge < -0.3 is 19.5 Å². The zero-order valence-corrected chi connectivity index (χ0v) is 17.3. The van der Waals surface area contributed by atoms with Crippen LogP contribution in [0.3, 0.4) is 0 Å². The van der Waals surface area contributed by atoms with Gasteiger partial charge in [0.1, 0.15) is 11.8 Å². The minimum atomic E-state index is -0.229. The van der Waals surface area contributed by atoms with Crippen molar-refractivity contribution >= 4 is 11.7 Å². The Balaban J connectivity index is 1.49. The summed E-state index contributed by atoms with van der Waals surface area (Å²) in [5, 5.41) is 7.12. The first-order chi connectivity index (χ1) is 14.6. The van der Waals surface area contributed by atoms with E-state index in [1.165, 1.54) is 0 Å². The minimum absolute atomic E-state index is 0.167. The topological polar surface area (TPSA) is 80.5 Å². The van der Waals surface area contributed by atoms with Crippen molar-refractivity contribution in [3.8, 4) is 17.1 Å². The van der Waals surface area contributed by atoms with Crippen molar-refractivity contribution in [3.05, 3.63) is 60.0 Å². The number of likely N-dealkylation sites (tertiary alicyclic amines) is 1. The number of amides is 2. The number of ether oxygens (including phenoxy) is 1. The zero-order valence-electron chi connectivity index (χ0n) is 17.3. The van der Waals surface area contributed by atoms with Gasteiger partial charge in [0.25, 0.3) is 0 Å². The molecule has 1 saturated heterocycles. The second-order valence-electron chi connectivity index (χ2n) is 7.42. The van der Waals surface area contributed by atoms with E-state index in [1.54, 1.807) is 4.90 Å². The number of nitrogens with zero attached hydrogens (tertiary/aromatic N) is 3. The third kappa shape index (κ3) is 4.45. The maximum absolute atomic E-state index is 13.0. The lowest BCUT2D eigenvalue weighted by molar-refractivity contribution is 0.142. The Hall–Kier alpha value is -3.35. The Morgan fingerprint density at radius 2 is 2.07 bits per heavy atom. The number of benzene rings is 2. The number of rotatable bonds is 5. The zero-order chi connectivity index (χ0) is 20.9. The van der Waals surface area contributed by atoms with Gasteiger partial charge in [0.15, 0.2) is 0 Å². The van der Waals surface area contributed by atoms with E-state index in [1.807, 2.05) is 62.4 Å². The van der Waals surface area contributed by atoms with Gasteiger partial charge in [-0.15, -0.1) is 0 Å². The third-order valence-corrected chi connectivity index (χ3v) is 5.18. The Kier molecular flexibility index (Phi) is 5.97. The summed E-state index contributed by atoms with van der Waals surface area (Å²) >= 11 is 0. The highest BCUT2D eigenvalue weighted by Crippen LogP contribution is 2.32. The van der Waals surface area contributed by atoms with Crippen molar-refractivity contribution in [2.75, 3.05) is 18.5 Å². The molecule has 0 radical (unpaired) electrons. The van der Waals surface area contributed by atoms with Gasteiger partial charge >= 0.3 is 6.03 Å². The number of nitrogens with one attached hydrogen (secondary N) is 1. The summed E-state index contributed by atoms with van der Waals surface area (Å²) in [5.74, 6) is 1.81. The average molecular weight is 406 g/mol. The Morgan fingerprint density at radius 1 is 1.23 bits per heavy atom. The average Bonchev–Trinajstić information content (AvgIpc) is 3.25. The van der Waals surface area contributed by atoms with Crippen LogP contribution in [0, 0.1) is 6.92 Å². The fourth-order valence-corrected chi connectivity index (χ4v) is 3.70. The SMILES string of the molecule is CCOc1ccc(NC(=O)N2CCCC[C@H]2c2nc(-c3cccc(C)c3)no2)cc1. The smallest absolute Gasteiger partial charge is 0.322 e. The molecule has 1 aliphatic heterocycles. The van der Waals surface area contributed by atoms with E-state index in [9.17, 15) is 4.79 Å². The molecule has 156 valence electrons. The number of urea groups is 1. The van der Waals surface area contributed by atoms with Gasteiger partial charge in [-0.25, -0.2) is 4.79 Å². The molecule has 0 bridgehead atoms. The normalized spacial score (nSPS) is 16.3. The van der Waals surface area contributed by atoms with E-state index in [0.29, 0.717) is 24.9 Å². The Morgan fingerprint density at radius 3 is 2.83 bits per heavy atom. The molecule has 1 atom stereocenters. The molecule has 3 aromatic rings. The summed E-state index contributed by atoms with van der Waals surface area (Å²) in [6.07, 6.45) is 2.76. The Labute approximate surface area is 176 Å². The number of hydrogen-bond donors (Lipinski definition) is 1. The molecule has 2 heterocycles. The molecule has 7 nitrogen and oxygen atoms in total. The van der Waals surface area contributed by atoms with E-state index in [4.69, 9.17) is 9.26 Å². The summed E-state index contributed by atoms with van der Waals surface area (Å²) in [6.45, 7) is 5.22. The van der Waals surface area contributed by atoms with E-state index >= 15 is 0 Å². The largest absolute Gasteiger partial charge is 0.494 e. The summed E-state index contributed by atoms with van der Waals surface area (Å²) in [6, 6.07) is 14.9. The van der Waals surface area contributed by atoms with Crippen LogP contribution >= 0.6 is 0 Å². The number of hydrogen-bond acceptors (Lipinski definition) is 5. The number of aryl methyl sites for hydroxylation is 1. The molecule has 0 unspecified atom stereocenters. The Bertz CT molecular complexity index is 1000. The van der Waals surface area contributed by atoms with Gasteiger partial charge in [0.05, 0.1) is 6.61 Å². The van der Waals surface area contributed by atoms with Crippen molar-refractivity contribution in [1.29, 1.82) is 0 Å². The van der Waals surface area contributed by atoms with Crippen LogP contribution in [0.4, 0.5) is 10.5 Å². The summed E-state index contributed by atoms with van der Waals surface area (Å²) in [7, 11) is 0. The quantitative estimate of drug-likeness (QED) is 0.630. The van der Waals surface area contributed by atoms with Crippen molar-refractivity contribution in [1.82, 2.24) is 15.0 Å². The van der Waals surface area contributed by atoms with E-state index in [-0.39, 0.29) is 12.1 Å². The third-order valence-electron chi connectivity index (χ3n) is 5.18. The molecule has 4 rings (SSSR count). The second-order valence-corrected chi connectivity index (χ2v) is 7.42. The summed E-state index contributed by atoms with van der Waals surface area (Å²) < 4.78 is 11.0. The number of anilines is 1. The van der Waals surface area contributed by atoms with Crippen LogP contribution in [-0.2, 0) is 0 Å². The summed E-state index contributed by atoms with van der Waals surface area (Å²) in [5.41, 5.74) is 2.76. The highest BCUT2D eigenvalue weighted by Gasteiger charge is 2.32. The lowest BCUT2D eigenvalue weighted by Crippen LogP contribution is -2.41. The van der Waals surface area contributed by atoms with Crippen molar-refractivity contribution < 1.29 is 14.1 Å². The van der Waals surface area contributed by atoms with Gasteiger partial charge in [0.2, 0.25) is 11.7 Å². The first-order valence-corrected chi connectivity index (χ1v) is 10.3. The standard InChI is InChI=1S/C23H26N4O3/c1-3-29-19-12-10-18(11-13-19)24-23(28)27-14-5-4-9-20(27)22-25-21(26-30-22)17-8-6-7-16(2)15-17/h6-8,10-13,15,20H,3-5,9,14H2,1-2H3,(H,24,28)/t20-/m0/s1.